The van der Waals surface area contributed by atoms with Gasteiger partial charge in [-0.1, -0.05) is 5.16 Å². The van der Waals surface area contributed by atoms with Crippen LogP contribution in [0.25, 0.3) is 11.7 Å². The number of furan rings is 1. The van der Waals surface area contributed by atoms with Gasteiger partial charge in [0.05, 0.1) is 12.8 Å². The molecule has 2 aromatic heterocycles. The van der Waals surface area contributed by atoms with Crippen LogP contribution in [0.1, 0.15) is 12.7 Å². The van der Waals surface area contributed by atoms with Crippen molar-refractivity contribution in [3.63, 3.8) is 0 Å². The topological polar surface area (TPSA) is 99.6 Å². The second-order valence-corrected chi connectivity index (χ2v) is 4.26. The second kappa shape index (κ2) is 5.70. The van der Waals surface area contributed by atoms with Crippen LogP contribution in [0, 0.1) is 0 Å². The lowest BCUT2D eigenvalue weighted by atomic mass is 10.3. The predicted octanol–water partition coefficient (Wildman–Crippen LogP) is 1.22. The molecule has 110 valence electrons. The monoisotopic (exact) mass is 291 g/mol. The van der Waals surface area contributed by atoms with Crippen LogP contribution in [0.4, 0.5) is 0 Å². The fourth-order valence-corrected chi connectivity index (χ4v) is 1.80. The van der Waals surface area contributed by atoms with E-state index >= 15 is 0 Å². The summed E-state index contributed by atoms with van der Waals surface area (Å²) in [5, 5.41) is 6.40. The number of amides is 1. The molecule has 0 saturated carbocycles. The first-order valence-electron chi connectivity index (χ1n) is 6.35. The summed E-state index contributed by atoms with van der Waals surface area (Å²) < 4.78 is 20.7. The Hall–Kier alpha value is -2.77. The molecule has 0 aliphatic carbocycles. The highest BCUT2D eigenvalue weighted by Crippen LogP contribution is 2.17. The smallest absolute Gasteiger partial charge is 0.293 e. The average Bonchev–Trinajstić information content (AvgIpc) is 3.16. The number of nitrogens with zero attached hydrogens (tertiary/aromatic N) is 2. The van der Waals surface area contributed by atoms with Crippen molar-refractivity contribution in [3.8, 4) is 11.7 Å². The minimum Gasteiger partial charge on any atom is -0.491 e. The third-order valence-corrected chi connectivity index (χ3v) is 2.78. The van der Waals surface area contributed by atoms with E-state index < -0.39 is 0 Å². The van der Waals surface area contributed by atoms with E-state index in [0.717, 1.165) is 0 Å². The number of hydrogen-bond acceptors (Lipinski definition) is 7. The molecule has 1 N–H and O–H groups in total. The largest absolute Gasteiger partial charge is 0.491 e. The molecular formula is C13H13N3O5. The number of carbonyl (C=O) groups is 1. The Balaban J connectivity index is 1.62. The van der Waals surface area contributed by atoms with E-state index in [9.17, 15) is 4.79 Å². The SMILES string of the molecule is CC1=C(C(=O)NCc2noc(-c3ccco3)n2)OCCO1. The van der Waals surface area contributed by atoms with Gasteiger partial charge in [0.25, 0.3) is 11.8 Å². The van der Waals surface area contributed by atoms with Crippen molar-refractivity contribution >= 4 is 5.91 Å². The quantitative estimate of drug-likeness (QED) is 0.904. The molecule has 3 rings (SSSR count). The highest BCUT2D eigenvalue weighted by Gasteiger charge is 2.20. The predicted molar refractivity (Wildman–Crippen MR) is 68.5 cm³/mol. The Labute approximate surface area is 119 Å². The molecule has 0 unspecified atom stereocenters. The summed E-state index contributed by atoms with van der Waals surface area (Å²) in [4.78, 5) is 16.1. The maximum absolute atomic E-state index is 11.9. The normalized spacial score (nSPS) is 14.5. The van der Waals surface area contributed by atoms with Crippen LogP contribution in [0.5, 0.6) is 0 Å². The first-order chi connectivity index (χ1) is 10.2. The summed E-state index contributed by atoms with van der Waals surface area (Å²) in [6, 6.07) is 3.42. The molecular weight excluding hydrogens is 278 g/mol. The summed E-state index contributed by atoms with van der Waals surface area (Å²) in [5.74, 6) is 1.33. The van der Waals surface area contributed by atoms with E-state index in [1.54, 1.807) is 19.1 Å². The number of ether oxygens (including phenoxy) is 2. The van der Waals surface area contributed by atoms with Gasteiger partial charge in [-0.3, -0.25) is 4.79 Å². The van der Waals surface area contributed by atoms with Gasteiger partial charge < -0.3 is 23.7 Å². The molecule has 0 fully saturated rings. The maximum Gasteiger partial charge on any atom is 0.293 e. The van der Waals surface area contributed by atoms with Gasteiger partial charge in [-0.2, -0.15) is 4.98 Å². The third-order valence-electron chi connectivity index (χ3n) is 2.78. The Bertz CT molecular complexity index is 659. The summed E-state index contributed by atoms with van der Waals surface area (Å²) in [6.45, 7) is 2.59. The van der Waals surface area contributed by atoms with E-state index in [1.807, 2.05) is 0 Å². The van der Waals surface area contributed by atoms with E-state index in [1.165, 1.54) is 6.26 Å². The summed E-state index contributed by atoms with van der Waals surface area (Å²) in [7, 11) is 0. The molecule has 0 saturated heterocycles. The number of rotatable bonds is 4. The number of hydrogen-bond donors (Lipinski definition) is 1. The average molecular weight is 291 g/mol. The van der Waals surface area contributed by atoms with Gasteiger partial charge in [-0.25, -0.2) is 0 Å². The Morgan fingerprint density at radius 3 is 3.00 bits per heavy atom. The molecule has 0 bridgehead atoms. The van der Waals surface area contributed by atoms with Gasteiger partial charge in [0, 0.05) is 0 Å². The fraction of sp³-hybridized carbons (Fsp3) is 0.308. The van der Waals surface area contributed by atoms with Crippen LogP contribution in [0.15, 0.2) is 38.9 Å². The van der Waals surface area contributed by atoms with Gasteiger partial charge in [-0.15, -0.1) is 0 Å². The van der Waals surface area contributed by atoms with E-state index in [0.29, 0.717) is 30.6 Å². The molecule has 8 nitrogen and oxygen atoms in total. The molecule has 1 amide bonds. The highest BCUT2D eigenvalue weighted by atomic mass is 16.6. The van der Waals surface area contributed by atoms with E-state index in [2.05, 4.69) is 15.5 Å². The molecule has 3 heterocycles. The number of aromatic nitrogens is 2. The summed E-state index contributed by atoms with van der Waals surface area (Å²) in [5.41, 5.74) is 0. The highest BCUT2D eigenvalue weighted by molar-refractivity contribution is 5.91. The maximum atomic E-state index is 11.9. The zero-order valence-corrected chi connectivity index (χ0v) is 11.3. The molecule has 0 radical (unpaired) electrons. The van der Waals surface area contributed by atoms with E-state index in [-0.39, 0.29) is 24.1 Å². The fourth-order valence-electron chi connectivity index (χ4n) is 1.80. The van der Waals surface area contributed by atoms with E-state index in [4.69, 9.17) is 18.4 Å². The molecule has 1 aliphatic rings. The second-order valence-electron chi connectivity index (χ2n) is 4.26. The first kappa shape index (κ1) is 13.2. The van der Waals surface area contributed by atoms with Gasteiger partial charge in [0.1, 0.15) is 19.0 Å². The van der Waals surface area contributed by atoms with Crippen LogP contribution in [0.3, 0.4) is 0 Å². The van der Waals surface area contributed by atoms with Crippen molar-refractivity contribution in [2.24, 2.45) is 0 Å². The standard InChI is InChI=1S/C13H13N3O5/c1-8-11(20-6-5-18-8)12(17)14-7-10-15-13(21-16-10)9-3-2-4-19-9/h2-4H,5-7H2,1H3,(H,14,17). The third kappa shape index (κ3) is 2.88. The molecule has 1 aliphatic heterocycles. The van der Waals surface area contributed by atoms with Crippen molar-refractivity contribution in [2.75, 3.05) is 13.2 Å². The molecule has 8 heteroatoms. The minimum atomic E-state index is -0.378. The molecule has 21 heavy (non-hydrogen) atoms. The lowest BCUT2D eigenvalue weighted by molar-refractivity contribution is -0.122. The molecule has 0 spiro atoms. The zero-order valence-electron chi connectivity index (χ0n) is 11.3. The van der Waals surface area contributed by atoms with Crippen LogP contribution >= 0.6 is 0 Å². The molecule has 2 aromatic rings. The number of allylic oxidation sites excluding steroid dienone is 1. The summed E-state index contributed by atoms with van der Waals surface area (Å²) in [6.07, 6.45) is 1.51. The van der Waals surface area contributed by atoms with Crippen molar-refractivity contribution in [1.82, 2.24) is 15.5 Å². The Morgan fingerprint density at radius 2 is 2.24 bits per heavy atom. The Kier molecular flexibility index (Phi) is 3.59. The van der Waals surface area contributed by atoms with Gasteiger partial charge in [0.2, 0.25) is 5.76 Å². The van der Waals surface area contributed by atoms with Crippen molar-refractivity contribution < 1.29 is 23.2 Å². The van der Waals surface area contributed by atoms with Crippen LogP contribution in [-0.2, 0) is 20.8 Å². The lowest BCUT2D eigenvalue weighted by Crippen LogP contribution is -2.29. The number of carbonyl (C=O) groups excluding carboxylic acids is 1. The van der Waals surface area contributed by atoms with Gasteiger partial charge >= 0.3 is 0 Å². The number of nitrogens with one attached hydrogen (secondary N) is 1. The van der Waals surface area contributed by atoms with Crippen molar-refractivity contribution in [2.45, 2.75) is 13.5 Å². The zero-order chi connectivity index (χ0) is 14.7. The molecule has 0 atom stereocenters. The molecule has 0 aromatic carbocycles. The Morgan fingerprint density at radius 1 is 1.38 bits per heavy atom. The lowest BCUT2D eigenvalue weighted by Gasteiger charge is -2.18. The van der Waals surface area contributed by atoms with Gasteiger partial charge in [0.15, 0.2) is 11.6 Å². The first-order valence-corrected chi connectivity index (χ1v) is 6.35. The van der Waals surface area contributed by atoms with Crippen LogP contribution in [0.2, 0.25) is 0 Å². The van der Waals surface area contributed by atoms with Crippen LogP contribution < -0.4 is 5.32 Å². The van der Waals surface area contributed by atoms with Crippen molar-refractivity contribution in [3.05, 3.63) is 35.7 Å². The minimum absolute atomic E-state index is 0.114. The summed E-state index contributed by atoms with van der Waals surface area (Å²) >= 11 is 0. The van der Waals surface area contributed by atoms with Crippen LogP contribution in [-0.4, -0.2) is 29.3 Å². The van der Waals surface area contributed by atoms with Crippen molar-refractivity contribution in [1.29, 1.82) is 0 Å². The van der Waals surface area contributed by atoms with Gasteiger partial charge in [-0.05, 0) is 19.1 Å².